The van der Waals surface area contributed by atoms with Crippen LogP contribution in [0.1, 0.15) is 6.92 Å². The summed E-state index contributed by atoms with van der Waals surface area (Å²) in [6, 6.07) is 0. The Kier molecular flexibility index (Phi) is 3.95. The summed E-state index contributed by atoms with van der Waals surface area (Å²) in [5.74, 6) is 0.611. The molecule has 0 unspecified atom stereocenters. The number of nitrogens with zero attached hydrogens (tertiary/aromatic N) is 5. The van der Waals surface area contributed by atoms with Gasteiger partial charge in [-0.05, 0) is 34.6 Å². The van der Waals surface area contributed by atoms with Gasteiger partial charge in [0.15, 0.2) is 5.16 Å². The maximum Gasteiger partial charge on any atom is 0.223 e. The number of nitrogens with one attached hydrogen (secondary N) is 1. The zero-order valence-corrected chi connectivity index (χ0v) is 11.8. The van der Waals surface area contributed by atoms with E-state index in [1.807, 2.05) is 18.5 Å². The summed E-state index contributed by atoms with van der Waals surface area (Å²) in [4.78, 5) is 8.55. The Morgan fingerprint density at radius 2 is 2.35 bits per heavy atom. The molecule has 90 valence electrons. The van der Waals surface area contributed by atoms with Gasteiger partial charge in [0, 0.05) is 19.8 Å². The molecule has 6 nitrogen and oxygen atoms in total. The third-order valence-electron chi connectivity index (χ3n) is 1.90. The molecule has 1 N–H and O–H groups in total. The van der Waals surface area contributed by atoms with Gasteiger partial charge in [-0.1, -0.05) is 0 Å². The van der Waals surface area contributed by atoms with Crippen LogP contribution in [-0.4, -0.2) is 31.3 Å². The van der Waals surface area contributed by atoms with Crippen LogP contribution in [0.3, 0.4) is 0 Å². The van der Waals surface area contributed by atoms with Crippen molar-refractivity contribution in [2.45, 2.75) is 17.1 Å². The van der Waals surface area contributed by atoms with Crippen LogP contribution in [0.25, 0.3) is 0 Å². The zero-order chi connectivity index (χ0) is 12.3. The molecule has 8 heteroatoms. The Bertz CT molecular complexity index is 514. The van der Waals surface area contributed by atoms with E-state index in [9.17, 15) is 0 Å². The summed E-state index contributed by atoms with van der Waals surface area (Å²) < 4.78 is 2.68. The number of aryl methyl sites for hydroxylation is 1. The molecule has 0 saturated carbocycles. The van der Waals surface area contributed by atoms with Crippen LogP contribution >= 0.6 is 27.7 Å². The summed E-state index contributed by atoms with van der Waals surface area (Å²) in [6.45, 7) is 2.79. The lowest BCUT2D eigenvalue weighted by molar-refractivity contribution is 0.786. The van der Waals surface area contributed by atoms with E-state index >= 15 is 0 Å². The van der Waals surface area contributed by atoms with Gasteiger partial charge in [-0.25, -0.2) is 9.97 Å². The smallest absolute Gasteiger partial charge is 0.223 e. The third-order valence-corrected chi connectivity index (χ3v) is 3.80. The topological polar surface area (TPSA) is 68.5 Å². The van der Waals surface area contributed by atoms with E-state index in [4.69, 9.17) is 0 Å². The van der Waals surface area contributed by atoms with Crippen LogP contribution in [0, 0.1) is 0 Å². The Labute approximate surface area is 111 Å². The van der Waals surface area contributed by atoms with Gasteiger partial charge >= 0.3 is 0 Å². The number of rotatable bonds is 4. The van der Waals surface area contributed by atoms with Crippen molar-refractivity contribution < 1.29 is 0 Å². The van der Waals surface area contributed by atoms with E-state index in [2.05, 4.69) is 41.4 Å². The lowest BCUT2D eigenvalue weighted by Crippen LogP contribution is -2.02. The van der Waals surface area contributed by atoms with Crippen LogP contribution < -0.4 is 5.32 Å². The number of hydrogen-bond acceptors (Lipinski definition) is 6. The second-order valence-corrected chi connectivity index (χ2v) is 5.01. The Morgan fingerprint density at radius 3 is 3.00 bits per heavy atom. The normalized spacial score (nSPS) is 10.5. The van der Waals surface area contributed by atoms with Crippen LogP contribution in [0.15, 0.2) is 27.2 Å². The van der Waals surface area contributed by atoms with Crippen LogP contribution in [-0.2, 0) is 7.05 Å². The predicted octanol–water partition coefficient (Wildman–Crippen LogP) is 1.95. The monoisotopic (exact) mass is 314 g/mol. The SMILES string of the molecule is CCNc1ncc(Br)c(Sc2nncn2C)n1. The maximum atomic E-state index is 4.39. The molecule has 17 heavy (non-hydrogen) atoms. The fourth-order valence-electron chi connectivity index (χ4n) is 1.12. The van der Waals surface area contributed by atoms with Crippen LogP contribution in [0.2, 0.25) is 0 Å². The first kappa shape index (κ1) is 12.3. The average Bonchev–Trinajstić information content (AvgIpc) is 2.70. The fraction of sp³-hybridized carbons (Fsp3) is 0.333. The van der Waals surface area contributed by atoms with E-state index < -0.39 is 0 Å². The Morgan fingerprint density at radius 1 is 1.53 bits per heavy atom. The van der Waals surface area contributed by atoms with Crippen molar-refractivity contribution in [1.82, 2.24) is 24.7 Å². The molecule has 2 heterocycles. The highest BCUT2D eigenvalue weighted by molar-refractivity contribution is 9.10. The molecule has 0 atom stereocenters. The van der Waals surface area contributed by atoms with Crippen molar-refractivity contribution in [1.29, 1.82) is 0 Å². The van der Waals surface area contributed by atoms with Gasteiger partial charge in [0.1, 0.15) is 11.4 Å². The van der Waals surface area contributed by atoms with Gasteiger partial charge in [0.05, 0.1) is 4.47 Å². The minimum atomic E-state index is 0.611. The van der Waals surface area contributed by atoms with Gasteiger partial charge < -0.3 is 9.88 Å². The van der Waals surface area contributed by atoms with Gasteiger partial charge in [0.25, 0.3) is 0 Å². The average molecular weight is 315 g/mol. The molecule has 0 aromatic carbocycles. The first-order valence-electron chi connectivity index (χ1n) is 4.99. The quantitative estimate of drug-likeness (QED) is 0.870. The highest BCUT2D eigenvalue weighted by atomic mass is 79.9. The van der Waals surface area contributed by atoms with Gasteiger partial charge in [-0.3, -0.25) is 0 Å². The van der Waals surface area contributed by atoms with E-state index in [1.165, 1.54) is 11.8 Å². The van der Waals surface area contributed by atoms with Crippen molar-refractivity contribution in [2.24, 2.45) is 7.05 Å². The molecule has 0 aliphatic rings. The molecule has 0 aliphatic carbocycles. The van der Waals surface area contributed by atoms with E-state index in [-0.39, 0.29) is 0 Å². The fourth-order valence-corrected chi connectivity index (χ4v) is 2.29. The van der Waals surface area contributed by atoms with E-state index in [0.29, 0.717) is 5.95 Å². The number of aromatic nitrogens is 5. The largest absolute Gasteiger partial charge is 0.354 e. The number of halogens is 1. The van der Waals surface area contributed by atoms with Crippen LogP contribution in [0.4, 0.5) is 5.95 Å². The summed E-state index contributed by atoms with van der Waals surface area (Å²) >= 11 is 4.86. The van der Waals surface area contributed by atoms with Crippen molar-refractivity contribution in [3.8, 4) is 0 Å². The van der Waals surface area contributed by atoms with Crippen molar-refractivity contribution in [3.05, 3.63) is 17.0 Å². The summed E-state index contributed by atoms with van der Waals surface area (Å²) in [5.41, 5.74) is 0. The third kappa shape index (κ3) is 2.95. The second-order valence-electron chi connectivity index (χ2n) is 3.20. The van der Waals surface area contributed by atoms with Gasteiger partial charge in [-0.15, -0.1) is 10.2 Å². The molecule has 0 fully saturated rings. The minimum Gasteiger partial charge on any atom is -0.354 e. The molecular formula is C9H11BrN6S. The maximum absolute atomic E-state index is 4.39. The zero-order valence-electron chi connectivity index (χ0n) is 9.38. The Hall–Kier alpha value is -1.15. The van der Waals surface area contributed by atoms with Crippen molar-refractivity contribution in [3.63, 3.8) is 0 Å². The minimum absolute atomic E-state index is 0.611. The first-order chi connectivity index (χ1) is 8.20. The molecule has 2 aromatic heterocycles. The predicted molar refractivity (Wildman–Crippen MR) is 69.0 cm³/mol. The standard InChI is InChI=1S/C9H11BrN6S/c1-3-11-8-12-4-6(10)7(14-8)17-9-15-13-5-16(9)2/h4-5H,3H2,1-2H3,(H,11,12,14). The number of anilines is 1. The van der Waals surface area contributed by atoms with E-state index in [0.717, 1.165) is 21.2 Å². The van der Waals surface area contributed by atoms with Crippen molar-refractivity contribution >= 4 is 33.6 Å². The summed E-state index contributed by atoms with van der Waals surface area (Å²) in [6.07, 6.45) is 3.38. The first-order valence-corrected chi connectivity index (χ1v) is 6.60. The highest BCUT2D eigenvalue weighted by Crippen LogP contribution is 2.30. The molecule has 2 rings (SSSR count). The van der Waals surface area contributed by atoms with Gasteiger partial charge in [-0.2, -0.15) is 0 Å². The van der Waals surface area contributed by atoms with Crippen LogP contribution in [0.5, 0.6) is 0 Å². The molecule has 0 amide bonds. The lowest BCUT2D eigenvalue weighted by Gasteiger charge is -2.05. The molecule has 0 radical (unpaired) electrons. The van der Waals surface area contributed by atoms with Gasteiger partial charge in [0.2, 0.25) is 5.95 Å². The van der Waals surface area contributed by atoms with Crippen molar-refractivity contribution in [2.75, 3.05) is 11.9 Å². The molecule has 2 aromatic rings. The molecule has 0 spiro atoms. The highest BCUT2D eigenvalue weighted by Gasteiger charge is 2.10. The van der Waals surface area contributed by atoms with E-state index in [1.54, 1.807) is 12.5 Å². The number of hydrogen-bond donors (Lipinski definition) is 1. The molecule has 0 saturated heterocycles. The second kappa shape index (κ2) is 5.46. The summed E-state index contributed by atoms with van der Waals surface area (Å²) in [7, 11) is 1.89. The molecule has 0 aliphatic heterocycles. The molecule has 0 bridgehead atoms. The summed E-state index contributed by atoms with van der Waals surface area (Å²) in [5, 5.41) is 12.5. The Balaban J connectivity index is 2.25. The lowest BCUT2D eigenvalue weighted by atomic mass is 10.6. The molecular weight excluding hydrogens is 304 g/mol.